The number of carbonyl (C=O) groups excluding carboxylic acids is 2. The molecular weight excluding hydrogens is 266 g/mol. The fraction of sp³-hybridized carbons (Fsp3) is 0.412. The van der Waals surface area contributed by atoms with E-state index in [0.717, 1.165) is 24.0 Å². The van der Waals surface area contributed by atoms with E-state index in [9.17, 15) is 9.59 Å². The van der Waals surface area contributed by atoms with Crippen LogP contribution in [0, 0.1) is 0 Å². The normalized spacial score (nSPS) is 11.7. The first kappa shape index (κ1) is 18.9. The number of ether oxygens (including phenoxy) is 1. The molecule has 4 heteroatoms. The third kappa shape index (κ3) is 7.92. The van der Waals surface area contributed by atoms with E-state index < -0.39 is 0 Å². The van der Waals surface area contributed by atoms with Crippen LogP contribution in [0.3, 0.4) is 0 Å². The number of allylic oxidation sites excluding steroid dienone is 4. The maximum atomic E-state index is 11.0. The van der Waals surface area contributed by atoms with Crippen molar-refractivity contribution in [2.75, 3.05) is 13.7 Å². The maximum Gasteiger partial charge on any atom is 0.207 e. The Bertz CT molecular complexity index is 433. The van der Waals surface area contributed by atoms with E-state index in [1.807, 2.05) is 0 Å². The fourth-order valence-electron chi connectivity index (χ4n) is 1.69. The van der Waals surface area contributed by atoms with Gasteiger partial charge in [-0.2, -0.15) is 0 Å². The van der Waals surface area contributed by atoms with Crippen molar-refractivity contribution in [1.82, 2.24) is 5.32 Å². The van der Waals surface area contributed by atoms with E-state index in [1.54, 1.807) is 12.2 Å². The number of unbranched alkanes of at least 4 members (excludes halogenated alkanes) is 2. The number of carbonyl (C=O) groups is 2. The van der Waals surface area contributed by atoms with Gasteiger partial charge in [-0.1, -0.05) is 39.0 Å². The zero-order valence-corrected chi connectivity index (χ0v) is 13.0. The first-order valence-corrected chi connectivity index (χ1v) is 7.05. The third-order valence-corrected chi connectivity index (χ3v) is 3.03. The average Bonchev–Trinajstić information content (AvgIpc) is 2.50. The minimum Gasteiger partial charge on any atom is -0.496 e. The number of nitrogens with one attached hydrogen (secondary N) is 1. The topological polar surface area (TPSA) is 55.4 Å². The van der Waals surface area contributed by atoms with E-state index in [4.69, 9.17) is 4.74 Å². The second-order valence-electron chi connectivity index (χ2n) is 4.63. The van der Waals surface area contributed by atoms with Crippen LogP contribution < -0.4 is 5.32 Å². The molecule has 0 heterocycles. The van der Waals surface area contributed by atoms with Gasteiger partial charge in [0.25, 0.3) is 0 Å². The summed E-state index contributed by atoms with van der Waals surface area (Å²) in [5, 5.41) is 2.44. The molecule has 0 unspecified atom stereocenters. The van der Waals surface area contributed by atoms with Crippen LogP contribution in [0.2, 0.25) is 0 Å². The van der Waals surface area contributed by atoms with Crippen molar-refractivity contribution in [3.05, 3.63) is 47.8 Å². The highest BCUT2D eigenvalue weighted by Crippen LogP contribution is 2.16. The Morgan fingerprint density at radius 2 is 1.90 bits per heavy atom. The molecule has 0 bridgehead atoms. The minimum atomic E-state index is 0.129. The van der Waals surface area contributed by atoms with Crippen LogP contribution in [0.4, 0.5) is 0 Å². The van der Waals surface area contributed by atoms with E-state index in [1.165, 1.54) is 20.0 Å². The van der Waals surface area contributed by atoms with Crippen molar-refractivity contribution in [2.24, 2.45) is 0 Å². The first-order valence-electron chi connectivity index (χ1n) is 7.05. The molecule has 116 valence electrons. The molecule has 0 aromatic heterocycles. The molecular formula is C17H25NO3. The van der Waals surface area contributed by atoms with Crippen LogP contribution in [-0.4, -0.2) is 26.4 Å². The van der Waals surface area contributed by atoms with Gasteiger partial charge in [0.15, 0.2) is 6.29 Å². The van der Waals surface area contributed by atoms with Crippen molar-refractivity contribution < 1.29 is 14.3 Å². The Kier molecular flexibility index (Phi) is 10.5. The second kappa shape index (κ2) is 11.7. The Morgan fingerprint density at radius 1 is 1.19 bits per heavy atom. The fourth-order valence-corrected chi connectivity index (χ4v) is 1.69. The summed E-state index contributed by atoms with van der Waals surface area (Å²) in [4.78, 5) is 21.3. The lowest BCUT2D eigenvalue weighted by Gasteiger charge is -2.07. The molecule has 0 aromatic rings. The predicted molar refractivity (Wildman–Crippen MR) is 85.7 cm³/mol. The van der Waals surface area contributed by atoms with Crippen molar-refractivity contribution in [2.45, 2.75) is 32.6 Å². The van der Waals surface area contributed by atoms with Gasteiger partial charge in [0.2, 0.25) is 6.41 Å². The molecule has 1 N–H and O–H groups in total. The average molecular weight is 291 g/mol. The van der Waals surface area contributed by atoms with E-state index in [-0.39, 0.29) is 6.54 Å². The van der Waals surface area contributed by atoms with Crippen LogP contribution in [0.5, 0.6) is 0 Å². The first-order chi connectivity index (χ1) is 10.1. The highest BCUT2D eigenvalue weighted by Gasteiger charge is 2.04. The molecule has 0 rings (SSSR count). The quantitative estimate of drug-likeness (QED) is 0.198. The van der Waals surface area contributed by atoms with Gasteiger partial charge in [-0.25, -0.2) is 0 Å². The van der Waals surface area contributed by atoms with Crippen LogP contribution in [-0.2, 0) is 14.3 Å². The maximum absolute atomic E-state index is 11.0. The van der Waals surface area contributed by atoms with Gasteiger partial charge in [-0.3, -0.25) is 9.59 Å². The van der Waals surface area contributed by atoms with Crippen LogP contribution >= 0.6 is 0 Å². The Balaban J connectivity index is 4.74. The monoisotopic (exact) mass is 291 g/mol. The SMILES string of the molecule is C=C(/C=C\C(OC)=C(\C=O)CNC=O)C(=C)CCCCC. The summed E-state index contributed by atoms with van der Waals surface area (Å²) in [7, 11) is 1.48. The molecule has 0 aliphatic heterocycles. The summed E-state index contributed by atoms with van der Waals surface area (Å²) in [6.07, 6.45) is 8.99. The molecule has 0 saturated heterocycles. The summed E-state index contributed by atoms with van der Waals surface area (Å²) in [5.74, 6) is 0.404. The molecule has 0 radical (unpaired) electrons. The number of hydrogen-bond acceptors (Lipinski definition) is 3. The lowest BCUT2D eigenvalue weighted by molar-refractivity contribution is -0.109. The summed E-state index contributed by atoms with van der Waals surface area (Å²) >= 11 is 0. The van der Waals surface area contributed by atoms with E-state index in [2.05, 4.69) is 25.4 Å². The van der Waals surface area contributed by atoms with E-state index in [0.29, 0.717) is 24.0 Å². The molecule has 21 heavy (non-hydrogen) atoms. The largest absolute Gasteiger partial charge is 0.496 e. The Hall–Kier alpha value is -2.10. The number of amides is 1. The zero-order valence-electron chi connectivity index (χ0n) is 13.0. The Labute approximate surface area is 127 Å². The molecule has 0 aromatic carbocycles. The van der Waals surface area contributed by atoms with Gasteiger partial charge in [0, 0.05) is 6.54 Å². The van der Waals surface area contributed by atoms with Gasteiger partial charge in [0.05, 0.1) is 12.7 Å². The van der Waals surface area contributed by atoms with Gasteiger partial charge < -0.3 is 10.1 Å². The lowest BCUT2D eigenvalue weighted by atomic mass is 10.0. The summed E-state index contributed by atoms with van der Waals surface area (Å²) in [5.41, 5.74) is 2.16. The van der Waals surface area contributed by atoms with Gasteiger partial charge in [-0.15, -0.1) is 0 Å². The van der Waals surface area contributed by atoms with Gasteiger partial charge >= 0.3 is 0 Å². The smallest absolute Gasteiger partial charge is 0.207 e. The highest BCUT2D eigenvalue weighted by atomic mass is 16.5. The molecule has 1 amide bonds. The number of aldehydes is 1. The lowest BCUT2D eigenvalue weighted by Crippen LogP contribution is -2.16. The minimum absolute atomic E-state index is 0.129. The molecule has 0 spiro atoms. The second-order valence-corrected chi connectivity index (χ2v) is 4.63. The summed E-state index contributed by atoms with van der Waals surface area (Å²) in [6, 6.07) is 0. The number of rotatable bonds is 12. The van der Waals surface area contributed by atoms with Crippen molar-refractivity contribution in [3.8, 4) is 0 Å². The van der Waals surface area contributed by atoms with Gasteiger partial charge in [0.1, 0.15) is 5.76 Å². The zero-order chi connectivity index (χ0) is 16.1. The van der Waals surface area contributed by atoms with E-state index >= 15 is 0 Å². The van der Waals surface area contributed by atoms with Crippen LogP contribution in [0.25, 0.3) is 0 Å². The standard InChI is InChI=1S/C17H25NO3/c1-5-6-7-8-14(2)15(3)9-10-17(21-4)16(12-19)11-18-13-20/h9-10,12-13H,2-3,5-8,11H2,1,4H3,(H,18,20)/b10-9-,17-16-. The molecule has 0 saturated carbocycles. The molecule has 0 atom stereocenters. The van der Waals surface area contributed by atoms with Crippen LogP contribution in [0.1, 0.15) is 32.6 Å². The molecule has 0 aliphatic rings. The summed E-state index contributed by atoms with van der Waals surface area (Å²) in [6.45, 7) is 10.3. The van der Waals surface area contributed by atoms with Crippen molar-refractivity contribution in [1.29, 1.82) is 0 Å². The highest BCUT2D eigenvalue weighted by molar-refractivity contribution is 5.76. The number of hydrogen-bond donors (Lipinski definition) is 1. The van der Waals surface area contributed by atoms with Gasteiger partial charge in [-0.05, 0) is 30.1 Å². The molecule has 4 nitrogen and oxygen atoms in total. The van der Waals surface area contributed by atoms with Crippen molar-refractivity contribution >= 4 is 12.7 Å². The third-order valence-electron chi connectivity index (χ3n) is 3.03. The molecule has 0 fully saturated rings. The molecule has 0 aliphatic carbocycles. The number of methoxy groups -OCH3 is 1. The summed E-state index contributed by atoms with van der Waals surface area (Å²) < 4.78 is 5.16. The van der Waals surface area contributed by atoms with Crippen molar-refractivity contribution in [3.63, 3.8) is 0 Å². The Morgan fingerprint density at radius 3 is 2.43 bits per heavy atom. The van der Waals surface area contributed by atoms with Crippen LogP contribution in [0.15, 0.2) is 47.8 Å². The predicted octanol–water partition coefficient (Wildman–Crippen LogP) is 3.08.